The Hall–Kier alpha value is -1.73. The van der Waals surface area contributed by atoms with E-state index in [0.29, 0.717) is 10.8 Å². The molecule has 1 aromatic rings. The summed E-state index contributed by atoms with van der Waals surface area (Å²) in [5.41, 5.74) is 0. The van der Waals surface area contributed by atoms with Gasteiger partial charge in [0.1, 0.15) is 6.04 Å². The molecule has 1 amide bonds. The van der Waals surface area contributed by atoms with Gasteiger partial charge in [0.15, 0.2) is 0 Å². The molecule has 0 aliphatic carbocycles. The molecule has 6 nitrogen and oxygen atoms in total. The molecule has 3 N–H and O–H groups in total. The third-order valence-corrected chi connectivity index (χ3v) is 3.69. The lowest BCUT2D eigenvalue weighted by atomic mass is 10.2. The van der Waals surface area contributed by atoms with Gasteiger partial charge in [0.2, 0.25) is 5.91 Å². The number of nitrogens with one attached hydrogen (secondary N) is 1. The molecule has 8 heteroatoms. The first-order valence-electron chi connectivity index (χ1n) is 6.01. The topological polar surface area (TPSA) is 104 Å². The van der Waals surface area contributed by atoms with Gasteiger partial charge in [-0.3, -0.25) is 9.59 Å². The third kappa shape index (κ3) is 7.01. The summed E-state index contributed by atoms with van der Waals surface area (Å²) in [6.45, 7) is 0. The average Bonchev–Trinajstić information content (AvgIpc) is 2.39. The zero-order chi connectivity index (χ0) is 15.8. The smallest absolute Gasteiger partial charge is 0.326 e. The maximum atomic E-state index is 11.6. The Labute approximate surface area is 130 Å². The van der Waals surface area contributed by atoms with E-state index in [4.69, 9.17) is 21.8 Å². The van der Waals surface area contributed by atoms with Crippen molar-refractivity contribution < 1.29 is 24.6 Å². The number of thioether (sulfide) groups is 1. The molecular weight excluding hydrogens is 318 g/mol. The van der Waals surface area contributed by atoms with E-state index in [0.717, 1.165) is 4.90 Å². The molecule has 0 aliphatic rings. The monoisotopic (exact) mass is 331 g/mol. The lowest BCUT2D eigenvalue weighted by Crippen LogP contribution is -2.42. The molecule has 0 heterocycles. The predicted molar refractivity (Wildman–Crippen MR) is 78.6 cm³/mol. The van der Waals surface area contributed by atoms with Crippen molar-refractivity contribution in [2.75, 3.05) is 5.75 Å². The minimum absolute atomic E-state index is 0.0939. The molecule has 1 atom stereocenters. The maximum Gasteiger partial charge on any atom is 0.326 e. The van der Waals surface area contributed by atoms with Gasteiger partial charge in [-0.1, -0.05) is 11.6 Å². The zero-order valence-electron chi connectivity index (χ0n) is 10.9. The SMILES string of the molecule is O=C(O)CC(NC(=O)CCSc1ccc(Cl)cc1)C(=O)O. The van der Waals surface area contributed by atoms with Gasteiger partial charge in [0, 0.05) is 22.1 Å². The van der Waals surface area contributed by atoms with Crippen LogP contribution in [0.1, 0.15) is 12.8 Å². The minimum Gasteiger partial charge on any atom is -0.481 e. The van der Waals surface area contributed by atoms with Crippen LogP contribution in [0.25, 0.3) is 0 Å². The Morgan fingerprint density at radius 2 is 1.81 bits per heavy atom. The van der Waals surface area contributed by atoms with Gasteiger partial charge >= 0.3 is 11.9 Å². The van der Waals surface area contributed by atoms with Crippen LogP contribution >= 0.6 is 23.4 Å². The van der Waals surface area contributed by atoms with Gasteiger partial charge in [-0.05, 0) is 24.3 Å². The third-order valence-electron chi connectivity index (χ3n) is 2.42. The van der Waals surface area contributed by atoms with Gasteiger partial charge in [-0.15, -0.1) is 11.8 Å². The highest BCUT2D eigenvalue weighted by atomic mass is 35.5. The minimum atomic E-state index is -1.41. The van der Waals surface area contributed by atoms with Crippen LogP contribution in [-0.2, 0) is 14.4 Å². The highest BCUT2D eigenvalue weighted by Crippen LogP contribution is 2.20. The van der Waals surface area contributed by atoms with Crippen LogP contribution in [0, 0.1) is 0 Å². The summed E-state index contributed by atoms with van der Waals surface area (Å²) in [5, 5.41) is 20.2. The van der Waals surface area contributed by atoms with Crippen molar-refractivity contribution in [1.82, 2.24) is 5.32 Å². The zero-order valence-corrected chi connectivity index (χ0v) is 12.5. The van der Waals surface area contributed by atoms with Crippen LogP contribution in [-0.4, -0.2) is 39.9 Å². The number of aliphatic carboxylic acids is 2. The number of hydrogen-bond donors (Lipinski definition) is 3. The molecule has 0 bridgehead atoms. The molecule has 114 valence electrons. The molecule has 1 aromatic carbocycles. The summed E-state index contributed by atoms with van der Waals surface area (Å²) < 4.78 is 0. The fourth-order valence-electron chi connectivity index (χ4n) is 1.43. The Bertz CT molecular complexity index is 520. The second-order valence-corrected chi connectivity index (χ2v) is 5.71. The highest BCUT2D eigenvalue weighted by molar-refractivity contribution is 7.99. The lowest BCUT2D eigenvalue weighted by Gasteiger charge is -2.12. The van der Waals surface area contributed by atoms with Crippen molar-refractivity contribution in [2.45, 2.75) is 23.8 Å². The molecule has 0 saturated heterocycles. The summed E-state index contributed by atoms with van der Waals surface area (Å²) in [6, 6.07) is 5.69. The normalized spacial score (nSPS) is 11.7. The van der Waals surface area contributed by atoms with E-state index in [9.17, 15) is 14.4 Å². The fourth-order valence-corrected chi connectivity index (χ4v) is 2.41. The number of halogens is 1. The summed E-state index contributed by atoms with van der Waals surface area (Å²) in [6.07, 6.45) is -0.553. The number of carbonyl (C=O) groups excluding carboxylic acids is 1. The van der Waals surface area contributed by atoms with Crippen LogP contribution in [0.5, 0.6) is 0 Å². The van der Waals surface area contributed by atoms with Gasteiger partial charge in [-0.2, -0.15) is 0 Å². The standard InChI is InChI=1S/C13H14ClNO5S/c14-8-1-3-9(4-2-8)21-6-5-11(16)15-10(13(19)20)7-12(17)18/h1-4,10H,5-7H2,(H,15,16)(H,17,18)(H,19,20). The number of carboxylic acid groups (broad SMARTS) is 2. The quantitative estimate of drug-likeness (QED) is 0.628. The Kier molecular flexibility index (Phi) is 7.04. The number of carboxylic acids is 2. The molecular formula is C13H14ClNO5S. The summed E-state index contributed by atoms with van der Waals surface area (Å²) in [7, 11) is 0. The Morgan fingerprint density at radius 3 is 2.33 bits per heavy atom. The number of rotatable bonds is 8. The number of carbonyl (C=O) groups is 3. The van der Waals surface area contributed by atoms with Crippen LogP contribution in [0.3, 0.4) is 0 Å². The van der Waals surface area contributed by atoms with Crippen molar-refractivity contribution in [2.24, 2.45) is 0 Å². The Balaban J connectivity index is 2.37. The largest absolute Gasteiger partial charge is 0.481 e. The predicted octanol–water partition coefficient (Wildman–Crippen LogP) is 1.87. The van der Waals surface area contributed by atoms with Crippen molar-refractivity contribution in [1.29, 1.82) is 0 Å². The molecule has 0 fully saturated rings. The molecule has 0 aromatic heterocycles. The van der Waals surface area contributed by atoms with E-state index < -0.39 is 30.3 Å². The number of amides is 1. The van der Waals surface area contributed by atoms with E-state index in [2.05, 4.69) is 5.32 Å². The van der Waals surface area contributed by atoms with Gasteiger partial charge in [-0.25, -0.2) is 4.79 Å². The van der Waals surface area contributed by atoms with Gasteiger partial charge in [0.25, 0.3) is 0 Å². The molecule has 0 radical (unpaired) electrons. The van der Waals surface area contributed by atoms with E-state index in [1.807, 2.05) is 12.1 Å². The summed E-state index contributed by atoms with van der Waals surface area (Å²) >= 11 is 7.17. The van der Waals surface area contributed by atoms with E-state index >= 15 is 0 Å². The van der Waals surface area contributed by atoms with Crippen LogP contribution in [0.15, 0.2) is 29.2 Å². The van der Waals surface area contributed by atoms with Crippen molar-refractivity contribution in [3.05, 3.63) is 29.3 Å². The second kappa shape index (κ2) is 8.53. The van der Waals surface area contributed by atoms with Gasteiger partial charge in [0.05, 0.1) is 6.42 Å². The molecule has 1 rings (SSSR count). The van der Waals surface area contributed by atoms with Crippen molar-refractivity contribution in [3.8, 4) is 0 Å². The second-order valence-electron chi connectivity index (χ2n) is 4.11. The summed E-state index contributed by atoms with van der Waals surface area (Å²) in [5.74, 6) is -2.69. The molecule has 0 aliphatic heterocycles. The first kappa shape index (κ1) is 17.3. The average molecular weight is 332 g/mol. The highest BCUT2D eigenvalue weighted by Gasteiger charge is 2.22. The lowest BCUT2D eigenvalue weighted by molar-refractivity contribution is -0.147. The first-order chi connectivity index (χ1) is 9.88. The molecule has 0 spiro atoms. The van der Waals surface area contributed by atoms with E-state index in [1.54, 1.807) is 12.1 Å². The van der Waals surface area contributed by atoms with Crippen LogP contribution < -0.4 is 5.32 Å². The van der Waals surface area contributed by atoms with Crippen LogP contribution in [0.2, 0.25) is 5.02 Å². The van der Waals surface area contributed by atoms with E-state index in [1.165, 1.54) is 11.8 Å². The fraction of sp³-hybridized carbons (Fsp3) is 0.308. The number of benzene rings is 1. The molecule has 1 unspecified atom stereocenters. The van der Waals surface area contributed by atoms with Crippen molar-refractivity contribution in [3.63, 3.8) is 0 Å². The first-order valence-corrected chi connectivity index (χ1v) is 7.37. The van der Waals surface area contributed by atoms with Crippen molar-refractivity contribution >= 4 is 41.2 Å². The maximum absolute atomic E-state index is 11.6. The Morgan fingerprint density at radius 1 is 1.19 bits per heavy atom. The number of hydrogen-bond acceptors (Lipinski definition) is 4. The molecule has 21 heavy (non-hydrogen) atoms. The molecule has 0 saturated carbocycles. The summed E-state index contributed by atoms with van der Waals surface area (Å²) in [4.78, 5) is 33.8. The van der Waals surface area contributed by atoms with E-state index in [-0.39, 0.29) is 6.42 Å². The van der Waals surface area contributed by atoms with Gasteiger partial charge < -0.3 is 15.5 Å². The van der Waals surface area contributed by atoms with Crippen LogP contribution in [0.4, 0.5) is 0 Å².